The fraction of sp³-hybridized carbons (Fsp3) is 0.170. The average Bonchev–Trinajstić information content (AvgIpc) is 3.65. The maximum Gasteiger partial charge on any atom is 0.214 e. The third-order valence-electron chi connectivity index (χ3n) is 9.82. The molecule has 260 valence electrons. The van der Waals surface area contributed by atoms with Crippen LogP contribution in [0.25, 0.3) is 38.5 Å². The first kappa shape index (κ1) is 35.9. The average molecular weight is 735 g/mol. The van der Waals surface area contributed by atoms with Crippen molar-refractivity contribution in [2.75, 3.05) is 6.54 Å². The van der Waals surface area contributed by atoms with Gasteiger partial charge < -0.3 is 17.0 Å². The number of nitrogens with zero attached hydrogens (tertiary/aromatic N) is 2. The predicted molar refractivity (Wildman–Crippen MR) is 221 cm³/mol. The molecule has 7 aromatic rings. The molecule has 0 aliphatic carbocycles. The Hall–Kier alpha value is -4.48. The van der Waals surface area contributed by atoms with E-state index in [0.29, 0.717) is 0 Å². The van der Waals surface area contributed by atoms with Crippen molar-refractivity contribution in [2.24, 2.45) is 0 Å². The molecular weight excluding hydrogens is 692 g/mol. The largest absolute Gasteiger partial charge is 1.00 e. The molecule has 5 heteroatoms. The summed E-state index contributed by atoms with van der Waals surface area (Å²) in [4.78, 5) is 5.15. The van der Waals surface area contributed by atoms with Crippen LogP contribution in [0.5, 0.6) is 0 Å². The highest BCUT2D eigenvalue weighted by atomic mass is 35.5. The number of rotatable bonds is 13. The molecule has 0 atom stereocenters. The summed E-state index contributed by atoms with van der Waals surface area (Å²) >= 11 is 3.70. The highest BCUT2D eigenvalue weighted by molar-refractivity contribution is 7.99. The van der Waals surface area contributed by atoms with Gasteiger partial charge in [-0.05, 0) is 66.4 Å². The zero-order valence-electron chi connectivity index (χ0n) is 29.8. The SMILES string of the molecule is CCCCn1\c(=C/C=C/C=C/C2=[N+](CCCC)c3ccc(Sc4ccccc4)c4cccc2c34)c2cccc3c(Sc4ccccc4)ccc1c32.[Cl-]. The van der Waals surface area contributed by atoms with Crippen LogP contribution < -0.4 is 17.8 Å². The first-order valence-electron chi connectivity index (χ1n) is 18.3. The van der Waals surface area contributed by atoms with Crippen LogP contribution in [0.3, 0.4) is 0 Å². The van der Waals surface area contributed by atoms with Gasteiger partial charge in [0.25, 0.3) is 0 Å². The Kier molecular flexibility index (Phi) is 11.4. The summed E-state index contributed by atoms with van der Waals surface area (Å²) in [5, 5.41) is 8.01. The lowest BCUT2D eigenvalue weighted by Crippen LogP contribution is -3.00. The van der Waals surface area contributed by atoms with Crippen molar-refractivity contribution < 1.29 is 17.0 Å². The standard InChI is InChI=1S/C47H43N2S2.ClH/c1-3-5-32-48-40(36-22-16-24-38-44(30-28-42(48)46(36)38)50-34-18-10-7-11-19-34)26-14-9-15-27-41-37-23-17-25-39-45(51-35-20-12-8-13-21-35)31-29-43(47(37)39)49(41)33-6-4-2;/h7-31H,3-6,32-33H2,1-2H3;1H/q+1;/p-1. The number of aromatic nitrogens is 1. The van der Waals surface area contributed by atoms with Crippen molar-refractivity contribution in [2.45, 2.75) is 65.7 Å². The quantitative estimate of drug-likeness (QED) is 0.0862. The molecule has 0 unspecified atom stereocenters. The molecule has 0 saturated heterocycles. The number of hydrogen-bond donors (Lipinski definition) is 0. The lowest BCUT2D eigenvalue weighted by molar-refractivity contribution is -0.436. The molecular formula is C47H43ClN2S2. The Morgan fingerprint density at radius 3 is 1.92 bits per heavy atom. The molecule has 0 radical (unpaired) electrons. The molecule has 6 aromatic carbocycles. The molecule has 0 amide bonds. The Morgan fingerprint density at radius 1 is 0.596 bits per heavy atom. The van der Waals surface area contributed by atoms with Crippen LogP contribution in [0, 0.1) is 0 Å². The van der Waals surface area contributed by atoms with Crippen molar-refractivity contribution in [3.63, 3.8) is 0 Å². The third-order valence-corrected chi connectivity index (χ3v) is 12.0. The number of benzene rings is 6. The van der Waals surface area contributed by atoms with Gasteiger partial charge in [0.2, 0.25) is 11.4 Å². The Morgan fingerprint density at radius 2 is 1.23 bits per heavy atom. The number of halogens is 1. The lowest BCUT2D eigenvalue weighted by atomic mass is 10.0. The molecule has 1 aliphatic rings. The molecule has 1 aromatic heterocycles. The van der Waals surface area contributed by atoms with E-state index in [-0.39, 0.29) is 12.4 Å². The van der Waals surface area contributed by atoms with Crippen LogP contribution >= 0.6 is 23.5 Å². The van der Waals surface area contributed by atoms with Crippen LogP contribution in [0.1, 0.15) is 45.1 Å². The van der Waals surface area contributed by atoms with Crippen LogP contribution in [0.2, 0.25) is 0 Å². The Balaban J connectivity index is 0.00000420. The molecule has 8 rings (SSSR count). The van der Waals surface area contributed by atoms with Gasteiger partial charge >= 0.3 is 0 Å². The van der Waals surface area contributed by atoms with Gasteiger partial charge in [0.15, 0.2) is 0 Å². The van der Waals surface area contributed by atoms with Crippen LogP contribution in [-0.4, -0.2) is 21.4 Å². The van der Waals surface area contributed by atoms with Gasteiger partial charge in [-0.2, -0.15) is 4.58 Å². The molecule has 0 N–H and O–H groups in total. The van der Waals surface area contributed by atoms with E-state index in [0.717, 1.165) is 25.9 Å². The number of aryl methyl sites for hydroxylation is 1. The molecule has 2 nitrogen and oxygen atoms in total. The summed E-state index contributed by atoms with van der Waals surface area (Å²) in [5.74, 6) is 0. The normalized spacial score (nSPS) is 13.2. The Bertz CT molecular complexity index is 2490. The zero-order valence-corrected chi connectivity index (χ0v) is 32.2. The first-order chi connectivity index (χ1) is 25.2. The van der Waals surface area contributed by atoms with Gasteiger partial charge in [0.1, 0.15) is 6.54 Å². The van der Waals surface area contributed by atoms with Crippen molar-refractivity contribution in [3.05, 3.63) is 157 Å². The van der Waals surface area contributed by atoms with Gasteiger partial charge in [-0.15, -0.1) is 0 Å². The fourth-order valence-electron chi connectivity index (χ4n) is 7.39. The summed E-state index contributed by atoms with van der Waals surface area (Å²) < 4.78 is 5.07. The Labute approximate surface area is 322 Å². The van der Waals surface area contributed by atoms with E-state index in [4.69, 9.17) is 0 Å². The number of hydrogen-bond acceptors (Lipinski definition) is 2. The summed E-state index contributed by atoms with van der Waals surface area (Å²) in [6, 6.07) is 44.3. The van der Waals surface area contributed by atoms with Gasteiger partial charge in [0.05, 0.1) is 10.9 Å². The molecule has 0 spiro atoms. The molecule has 52 heavy (non-hydrogen) atoms. The number of unbranched alkanes of at least 4 members (excludes halogenated alkanes) is 2. The van der Waals surface area contributed by atoms with E-state index in [9.17, 15) is 0 Å². The summed E-state index contributed by atoms with van der Waals surface area (Å²) in [6.07, 6.45) is 15.9. The van der Waals surface area contributed by atoms with Gasteiger partial charge in [-0.3, -0.25) is 0 Å². The van der Waals surface area contributed by atoms with Crippen molar-refractivity contribution in [3.8, 4) is 0 Å². The zero-order chi connectivity index (χ0) is 34.6. The van der Waals surface area contributed by atoms with Gasteiger partial charge in [-0.1, -0.05) is 135 Å². The van der Waals surface area contributed by atoms with Crippen molar-refractivity contribution >= 4 is 73.4 Å². The molecule has 2 heterocycles. The predicted octanol–water partition coefficient (Wildman–Crippen LogP) is 9.61. The van der Waals surface area contributed by atoms with Crippen LogP contribution in [-0.2, 0) is 6.54 Å². The summed E-state index contributed by atoms with van der Waals surface area (Å²) in [6.45, 7) is 6.58. The van der Waals surface area contributed by atoms with Gasteiger partial charge in [-0.25, -0.2) is 0 Å². The maximum atomic E-state index is 2.53. The second-order valence-electron chi connectivity index (χ2n) is 13.1. The molecule has 0 saturated carbocycles. The van der Waals surface area contributed by atoms with E-state index in [1.807, 2.05) is 23.5 Å². The maximum absolute atomic E-state index is 2.53. The second kappa shape index (κ2) is 16.5. The monoisotopic (exact) mass is 734 g/mol. The van der Waals surface area contributed by atoms with E-state index in [2.05, 4.69) is 175 Å². The van der Waals surface area contributed by atoms with E-state index in [1.54, 1.807) is 0 Å². The summed E-state index contributed by atoms with van der Waals surface area (Å²) in [7, 11) is 0. The second-order valence-corrected chi connectivity index (χ2v) is 15.4. The first-order valence-corrected chi connectivity index (χ1v) is 19.9. The van der Waals surface area contributed by atoms with Crippen molar-refractivity contribution in [1.82, 2.24) is 4.57 Å². The molecule has 1 aliphatic heterocycles. The molecule has 0 bridgehead atoms. The van der Waals surface area contributed by atoms with Crippen LogP contribution in [0.15, 0.2) is 165 Å². The molecule has 0 fully saturated rings. The topological polar surface area (TPSA) is 7.94 Å². The lowest BCUT2D eigenvalue weighted by Gasteiger charge is -2.09. The van der Waals surface area contributed by atoms with E-state index in [1.165, 1.54) is 87.2 Å². The highest BCUT2D eigenvalue weighted by Gasteiger charge is 2.31. The van der Waals surface area contributed by atoms with E-state index >= 15 is 0 Å². The van der Waals surface area contributed by atoms with E-state index < -0.39 is 0 Å². The fourth-order valence-corrected chi connectivity index (χ4v) is 9.32. The minimum absolute atomic E-state index is 0. The third kappa shape index (κ3) is 7.00. The van der Waals surface area contributed by atoms with Crippen molar-refractivity contribution in [1.29, 1.82) is 0 Å². The minimum Gasteiger partial charge on any atom is -1.00 e. The van der Waals surface area contributed by atoms with Crippen LogP contribution in [0.4, 0.5) is 5.69 Å². The highest BCUT2D eigenvalue weighted by Crippen LogP contribution is 2.42. The van der Waals surface area contributed by atoms with Gasteiger partial charge in [0, 0.05) is 71.7 Å². The smallest absolute Gasteiger partial charge is 0.214 e. The summed E-state index contributed by atoms with van der Waals surface area (Å²) in [5.41, 5.74) is 5.26. The minimum atomic E-state index is 0. The number of allylic oxidation sites excluding steroid dienone is 4.